The van der Waals surface area contributed by atoms with E-state index in [0.717, 1.165) is 13.1 Å². The molecule has 1 aliphatic rings. The number of aryl methyl sites for hydroxylation is 1. The van der Waals surface area contributed by atoms with Crippen LogP contribution in [-0.2, 0) is 18.0 Å². The van der Waals surface area contributed by atoms with Crippen LogP contribution in [0.25, 0.3) is 0 Å². The van der Waals surface area contributed by atoms with Crippen molar-refractivity contribution in [2.24, 2.45) is 7.05 Å². The molecule has 2 aromatic heterocycles. The van der Waals surface area contributed by atoms with Gasteiger partial charge in [-0.2, -0.15) is 18.3 Å². The number of methoxy groups -OCH3 is 1. The number of rotatable bonds is 5. The normalized spacial score (nSPS) is 20.1. The lowest BCUT2D eigenvalue weighted by atomic mass is 10.2. The third-order valence-electron chi connectivity index (χ3n) is 4.47. The molecule has 8 nitrogen and oxygen atoms in total. The van der Waals surface area contributed by atoms with Crippen LogP contribution >= 0.6 is 0 Å². The van der Waals surface area contributed by atoms with Gasteiger partial charge < -0.3 is 15.0 Å². The molecule has 27 heavy (non-hydrogen) atoms. The zero-order chi connectivity index (χ0) is 19.6. The summed E-state index contributed by atoms with van der Waals surface area (Å²) < 4.78 is 44.6. The van der Waals surface area contributed by atoms with Crippen LogP contribution in [0.2, 0.25) is 0 Å². The van der Waals surface area contributed by atoms with Crippen molar-refractivity contribution in [3.05, 3.63) is 36.0 Å². The van der Waals surface area contributed by atoms with E-state index in [0.29, 0.717) is 23.5 Å². The SMILES string of the molecule is CO[C@H]1C[C@@H](CNC(=O)c2cc(C(F)(F)F)n(C)n2)N(c2ccncn2)C1. The van der Waals surface area contributed by atoms with E-state index >= 15 is 0 Å². The van der Waals surface area contributed by atoms with E-state index in [-0.39, 0.29) is 24.4 Å². The smallest absolute Gasteiger partial charge is 0.380 e. The van der Waals surface area contributed by atoms with Crippen molar-refractivity contribution in [1.82, 2.24) is 25.1 Å². The van der Waals surface area contributed by atoms with Crippen molar-refractivity contribution in [2.45, 2.75) is 24.7 Å². The second-order valence-electron chi connectivity index (χ2n) is 6.21. The maximum Gasteiger partial charge on any atom is 0.433 e. The zero-order valence-corrected chi connectivity index (χ0v) is 14.8. The number of carbonyl (C=O) groups is 1. The first-order valence-corrected chi connectivity index (χ1v) is 8.24. The predicted molar refractivity (Wildman–Crippen MR) is 89.1 cm³/mol. The molecule has 0 radical (unpaired) electrons. The first kappa shape index (κ1) is 19.1. The molecular formula is C16H19F3N6O2. The third-order valence-corrected chi connectivity index (χ3v) is 4.47. The second-order valence-corrected chi connectivity index (χ2v) is 6.21. The summed E-state index contributed by atoms with van der Waals surface area (Å²) in [5, 5.41) is 6.31. The fourth-order valence-corrected chi connectivity index (χ4v) is 3.12. The van der Waals surface area contributed by atoms with Crippen LogP contribution in [0.3, 0.4) is 0 Å². The molecule has 2 atom stereocenters. The highest BCUT2D eigenvalue weighted by Gasteiger charge is 2.36. The van der Waals surface area contributed by atoms with Gasteiger partial charge in [-0.05, 0) is 12.5 Å². The predicted octanol–water partition coefficient (Wildman–Crippen LogP) is 1.25. The van der Waals surface area contributed by atoms with Crippen LogP contribution in [-0.4, -0.2) is 58.0 Å². The summed E-state index contributed by atoms with van der Waals surface area (Å²) in [5.41, 5.74) is -1.25. The standard InChI is InChI=1S/C16H19F3N6O2/c1-24-13(16(17,18)19)6-12(23-24)15(26)21-7-10-5-11(27-2)8-25(10)14-3-4-20-9-22-14/h3-4,6,9-11H,5,7-8H2,1-2H3,(H,21,26)/t10-,11-/m0/s1. The third kappa shape index (κ3) is 4.18. The summed E-state index contributed by atoms with van der Waals surface area (Å²) >= 11 is 0. The van der Waals surface area contributed by atoms with E-state index < -0.39 is 17.8 Å². The fourth-order valence-electron chi connectivity index (χ4n) is 3.12. The average Bonchev–Trinajstić information content (AvgIpc) is 3.23. The number of hydrogen-bond donors (Lipinski definition) is 1. The largest absolute Gasteiger partial charge is 0.433 e. The lowest BCUT2D eigenvalue weighted by Crippen LogP contribution is -2.40. The topological polar surface area (TPSA) is 85.2 Å². The minimum Gasteiger partial charge on any atom is -0.380 e. The number of alkyl halides is 3. The Hall–Kier alpha value is -2.69. The number of halogens is 3. The molecule has 1 N–H and O–H groups in total. The number of carbonyl (C=O) groups excluding carboxylic acids is 1. The number of anilines is 1. The zero-order valence-electron chi connectivity index (χ0n) is 14.8. The van der Waals surface area contributed by atoms with Crippen molar-refractivity contribution >= 4 is 11.7 Å². The minimum atomic E-state index is -4.57. The van der Waals surface area contributed by atoms with Gasteiger partial charge in [0.25, 0.3) is 5.91 Å². The molecule has 0 unspecified atom stereocenters. The number of ether oxygens (including phenoxy) is 1. The maximum absolute atomic E-state index is 12.9. The van der Waals surface area contributed by atoms with E-state index in [1.54, 1.807) is 19.4 Å². The van der Waals surface area contributed by atoms with Crippen molar-refractivity contribution < 1.29 is 22.7 Å². The quantitative estimate of drug-likeness (QED) is 0.835. The van der Waals surface area contributed by atoms with Crippen molar-refractivity contribution in [1.29, 1.82) is 0 Å². The lowest BCUT2D eigenvalue weighted by Gasteiger charge is -2.25. The summed E-state index contributed by atoms with van der Waals surface area (Å²) in [6, 6.07) is 2.38. The molecule has 0 saturated carbocycles. The summed E-state index contributed by atoms with van der Waals surface area (Å²) in [6.07, 6.45) is -0.908. The van der Waals surface area contributed by atoms with E-state index in [1.807, 2.05) is 4.90 Å². The Labute approximate surface area is 153 Å². The van der Waals surface area contributed by atoms with E-state index in [9.17, 15) is 18.0 Å². The molecule has 1 aliphatic heterocycles. The van der Waals surface area contributed by atoms with Gasteiger partial charge in [-0.25, -0.2) is 9.97 Å². The molecule has 2 aromatic rings. The number of nitrogens with zero attached hydrogens (tertiary/aromatic N) is 5. The molecule has 0 spiro atoms. The van der Waals surface area contributed by atoms with Gasteiger partial charge in [0.1, 0.15) is 17.8 Å². The maximum atomic E-state index is 12.9. The summed E-state index contributed by atoms with van der Waals surface area (Å²) in [5.74, 6) is 0.0330. The summed E-state index contributed by atoms with van der Waals surface area (Å²) in [4.78, 5) is 22.3. The van der Waals surface area contributed by atoms with Gasteiger partial charge in [-0.15, -0.1) is 0 Å². The monoisotopic (exact) mass is 384 g/mol. The molecule has 1 amide bonds. The Balaban J connectivity index is 1.68. The Morgan fingerprint density at radius 3 is 2.81 bits per heavy atom. The molecule has 11 heteroatoms. The second kappa shape index (κ2) is 7.51. The van der Waals surface area contributed by atoms with Crippen LogP contribution in [0.5, 0.6) is 0 Å². The van der Waals surface area contributed by atoms with Gasteiger partial charge in [0.15, 0.2) is 5.69 Å². The minimum absolute atomic E-state index is 0.0338. The van der Waals surface area contributed by atoms with Crippen molar-refractivity contribution in [3.8, 4) is 0 Å². The molecule has 0 aromatic carbocycles. The number of aromatic nitrogens is 4. The Bertz CT molecular complexity index is 795. The average molecular weight is 384 g/mol. The fraction of sp³-hybridized carbons (Fsp3) is 0.500. The van der Waals surface area contributed by atoms with E-state index in [2.05, 4.69) is 20.4 Å². The molecule has 1 fully saturated rings. The molecular weight excluding hydrogens is 365 g/mol. The first-order valence-electron chi connectivity index (χ1n) is 8.24. The highest BCUT2D eigenvalue weighted by molar-refractivity contribution is 5.92. The van der Waals surface area contributed by atoms with Gasteiger partial charge in [-0.3, -0.25) is 9.48 Å². The summed E-state index contributed by atoms with van der Waals surface area (Å²) in [6.45, 7) is 0.816. The van der Waals surface area contributed by atoms with Gasteiger partial charge in [0.05, 0.1) is 12.1 Å². The van der Waals surface area contributed by atoms with Gasteiger partial charge in [-0.1, -0.05) is 0 Å². The molecule has 146 valence electrons. The Morgan fingerprint density at radius 1 is 1.44 bits per heavy atom. The lowest BCUT2D eigenvalue weighted by molar-refractivity contribution is -0.143. The van der Waals surface area contributed by atoms with Crippen molar-refractivity contribution in [3.63, 3.8) is 0 Å². The highest BCUT2D eigenvalue weighted by atomic mass is 19.4. The van der Waals surface area contributed by atoms with Gasteiger partial charge in [0, 0.05) is 39.5 Å². The van der Waals surface area contributed by atoms with Crippen LogP contribution in [0.15, 0.2) is 24.7 Å². The van der Waals surface area contributed by atoms with E-state index in [4.69, 9.17) is 4.74 Å². The summed E-state index contributed by atoms with van der Waals surface area (Å²) in [7, 11) is 2.76. The number of nitrogens with one attached hydrogen (secondary N) is 1. The highest BCUT2D eigenvalue weighted by Crippen LogP contribution is 2.29. The van der Waals surface area contributed by atoms with Gasteiger partial charge >= 0.3 is 6.18 Å². The molecule has 0 aliphatic carbocycles. The number of hydrogen-bond acceptors (Lipinski definition) is 6. The van der Waals surface area contributed by atoms with Crippen molar-refractivity contribution in [2.75, 3.05) is 25.1 Å². The molecule has 1 saturated heterocycles. The van der Waals surface area contributed by atoms with Crippen LogP contribution in [0.1, 0.15) is 22.6 Å². The Kier molecular flexibility index (Phi) is 5.31. The van der Waals surface area contributed by atoms with Crippen LogP contribution < -0.4 is 10.2 Å². The van der Waals surface area contributed by atoms with Crippen LogP contribution in [0.4, 0.5) is 19.0 Å². The molecule has 3 heterocycles. The number of amides is 1. The molecule has 3 rings (SSSR count). The molecule has 0 bridgehead atoms. The van der Waals surface area contributed by atoms with E-state index in [1.165, 1.54) is 6.33 Å². The first-order chi connectivity index (χ1) is 12.8. The van der Waals surface area contributed by atoms with Gasteiger partial charge in [0.2, 0.25) is 0 Å². The van der Waals surface area contributed by atoms with Crippen LogP contribution in [0, 0.1) is 0 Å². The Morgan fingerprint density at radius 2 is 2.22 bits per heavy atom.